The molecule has 2 amide bonds. The molecule has 1 rings (SSSR count). The average molecular weight is 277 g/mol. The van der Waals surface area contributed by atoms with Crippen LogP contribution < -0.4 is 10.6 Å². The standard InChI is InChI=1S/C10H19N3O4S/c1-11-9(14)8-18(16,17)7-2-10(15)13-5-3-12-4-6-13/h12H,2-8H2,1H3,(H,11,14). The summed E-state index contributed by atoms with van der Waals surface area (Å²) in [7, 11) is -2.12. The normalized spacial score (nSPS) is 16.4. The highest BCUT2D eigenvalue weighted by molar-refractivity contribution is 7.92. The second-order valence-electron chi connectivity index (χ2n) is 4.15. The van der Waals surface area contributed by atoms with Crippen LogP contribution in [0.4, 0.5) is 0 Å². The molecule has 18 heavy (non-hydrogen) atoms. The van der Waals surface area contributed by atoms with Crippen molar-refractivity contribution in [3.63, 3.8) is 0 Å². The fourth-order valence-electron chi connectivity index (χ4n) is 1.66. The molecule has 0 aromatic heterocycles. The van der Waals surface area contributed by atoms with Gasteiger partial charge >= 0.3 is 0 Å². The Balaban J connectivity index is 2.39. The van der Waals surface area contributed by atoms with Gasteiger partial charge in [0.1, 0.15) is 5.75 Å². The third-order valence-electron chi connectivity index (χ3n) is 2.73. The molecule has 8 heteroatoms. The molecule has 0 spiro atoms. The summed E-state index contributed by atoms with van der Waals surface area (Å²) in [4.78, 5) is 24.4. The molecule has 1 saturated heterocycles. The van der Waals surface area contributed by atoms with Crippen LogP contribution in [0.5, 0.6) is 0 Å². The monoisotopic (exact) mass is 277 g/mol. The minimum Gasteiger partial charge on any atom is -0.358 e. The van der Waals surface area contributed by atoms with Crippen molar-refractivity contribution in [1.82, 2.24) is 15.5 Å². The predicted octanol–water partition coefficient (Wildman–Crippen LogP) is -2.03. The smallest absolute Gasteiger partial charge is 0.234 e. The van der Waals surface area contributed by atoms with Gasteiger partial charge in [-0.15, -0.1) is 0 Å². The first-order valence-corrected chi connectivity index (χ1v) is 7.66. The number of nitrogens with zero attached hydrogens (tertiary/aromatic N) is 1. The average Bonchev–Trinajstić information content (AvgIpc) is 2.36. The Hall–Kier alpha value is -1.15. The number of piperazine rings is 1. The van der Waals surface area contributed by atoms with Crippen LogP contribution in [0.3, 0.4) is 0 Å². The fourth-order valence-corrected chi connectivity index (χ4v) is 2.83. The molecule has 1 aliphatic rings. The topological polar surface area (TPSA) is 95.6 Å². The molecule has 1 heterocycles. The molecule has 2 N–H and O–H groups in total. The Morgan fingerprint density at radius 1 is 1.28 bits per heavy atom. The lowest BCUT2D eigenvalue weighted by Crippen LogP contribution is -2.46. The van der Waals surface area contributed by atoms with Gasteiger partial charge in [0, 0.05) is 39.6 Å². The van der Waals surface area contributed by atoms with Gasteiger partial charge in [-0.2, -0.15) is 0 Å². The summed E-state index contributed by atoms with van der Waals surface area (Å²) in [5, 5.41) is 5.36. The molecule has 1 aliphatic heterocycles. The molecule has 0 bridgehead atoms. The number of nitrogens with one attached hydrogen (secondary N) is 2. The zero-order chi connectivity index (χ0) is 13.6. The van der Waals surface area contributed by atoms with Crippen LogP contribution in [0, 0.1) is 0 Å². The van der Waals surface area contributed by atoms with E-state index in [2.05, 4.69) is 10.6 Å². The highest BCUT2D eigenvalue weighted by Gasteiger charge is 2.21. The van der Waals surface area contributed by atoms with Crippen molar-refractivity contribution in [3.8, 4) is 0 Å². The van der Waals surface area contributed by atoms with Crippen LogP contribution in [0.1, 0.15) is 6.42 Å². The Morgan fingerprint density at radius 3 is 2.44 bits per heavy atom. The number of hydrogen-bond acceptors (Lipinski definition) is 5. The van der Waals surface area contributed by atoms with Gasteiger partial charge < -0.3 is 15.5 Å². The predicted molar refractivity (Wildman–Crippen MR) is 66.8 cm³/mol. The first kappa shape index (κ1) is 14.9. The van der Waals surface area contributed by atoms with Gasteiger partial charge in [0.2, 0.25) is 11.8 Å². The van der Waals surface area contributed by atoms with Crippen LogP contribution in [0.25, 0.3) is 0 Å². The second kappa shape index (κ2) is 6.69. The number of sulfone groups is 1. The van der Waals surface area contributed by atoms with E-state index in [-0.39, 0.29) is 18.1 Å². The zero-order valence-corrected chi connectivity index (χ0v) is 11.3. The van der Waals surface area contributed by atoms with Crippen molar-refractivity contribution in [2.75, 3.05) is 44.7 Å². The lowest BCUT2D eigenvalue weighted by Gasteiger charge is -2.27. The van der Waals surface area contributed by atoms with Crippen molar-refractivity contribution in [2.24, 2.45) is 0 Å². The number of rotatable bonds is 5. The van der Waals surface area contributed by atoms with E-state index in [1.54, 1.807) is 4.90 Å². The number of amides is 2. The highest BCUT2D eigenvalue weighted by Crippen LogP contribution is 2.01. The van der Waals surface area contributed by atoms with Crippen LogP contribution in [0.15, 0.2) is 0 Å². The van der Waals surface area contributed by atoms with E-state index in [0.29, 0.717) is 13.1 Å². The van der Waals surface area contributed by atoms with Gasteiger partial charge in [-0.1, -0.05) is 0 Å². The Bertz CT molecular complexity index is 401. The second-order valence-corrected chi connectivity index (χ2v) is 6.33. The molecular weight excluding hydrogens is 258 g/mol. The van der Waals surface area contributed by atoms with Crippen molar-refractivity contribution in [3.05, 3.63) is 0 Å². The maximum atomic E-state index is 11.7. The maximum Gasteiger partial charge on any atom is 0.234 e. The van der Waals surface area contributed by atoms with E-state index in [0.717, 1.165) is 13.1 Å². The van der Waals surface area contributed by atoms with Gasteiger partial charge in [0.25, 0.3) is 0 Å². The molecule has 0 aliphatic carbocycles. The van der Waals surface area contributed by atoms with E-state index >= 15 is 0 Å². The lowest BCUT2D eigenvalue weighted by atomic mass is 10.3. The summed E-state index contributed by atoms with van der Waals surface area (Å²) in [5.74, 6) is -1.55. The Morgan fingerprint density at radius 2 is 1.89 bits per heavy atom. The van der Waals surface area contributed by atoms with Gasteiger partial charge in [0.15, 0.2) is 9.84 Å². The van der Waals surface area contributed by atoms with Gasteiger partial charge in [-0.05, 0) is 0 Å². The molecule has 104 valence electrons. The maximum absolute atomic E-state index is 11.7. The van der Waals surface area contributed by atoms with Gasteiger partial charge in [-0.3, -0.25) is 9.59 Å². The molecule has 1 fully saturated rings. The summed E-state index contributed by atoms with van der Waals surface area (Å²) < 4.78 is 23.1. The minimum absolute atomic E-state index is 0.0562. The SMILES string of the molecule is CNC(=O)CS(=O)(=O)CCC(=O)N1CCNCC1. The van der Waals surface area contributed by atoms with Gasteiger partial charge in [-0.25, -0.2) is 8.42 Å². The van der Waals surface area contributed by atoms with Crippen LogP contribution in [-0.4, -0.2) is 69.9 Å². The fraction of sp³-hybridized carbons (Fsp3) is 0.800. The largest absolute Gasteiger partial charge is 0.358 e. The van der Waals surface area contributed by atoms with Crippen LogP contribution in [-0.2, 0) is 19.4 Å². The quantitative estimate of drug-likeness (QED) is 0.604. The Labute approximate surface area is 107 Å². The van der Waals surface area contributed by atoms with E-state index in [1.165, 1.54) is 7.05 Å². The Kier molecular flexibility index (Phi) is 5.54. The van der Waals surface area contributed by atoms with Crippen molar-refractivity contribution >= 4 is 21.7 Å². The molecule has 0 saturated carbocycles. The highest BCUT2D eigenvalue weighted by atomic mass is 32.2. The number of carbonyl (C=O) groups is 2. The molecule has 0 radical (unpaired) electrons. The molecule has 0 unspecified atom stereocenters. The third kappa shape index (κ3) is 5.01. The zero-order valence-electron chi connectivity index (χ0n) is 10.4. The summed E-state index contributed by atoms with van der Waals surface area (Å²) >= 11 is 0. The van der Waals surface area contributed by atoms with Crippen molar-refractivity contribution in [2.45, 2.75) is 6.42 Å². The molecular formula is C10H19N3O4S. The minimum atomic E-state index is -3.50. The van der Waals surface area contributed by atoms with Crippen LogP contribution in [0.2, 0.25) is 0 Å². The van der Waals surface area contributed by atoms with Crippen molar-refractivity contribution < 1.29 is 18.0 Å². The van der Waals surface area contributed by atoms with E-state index in [4.69, 9.17) is 0 Å². The van der Waals surface area contributed by atoms with Crippen molar-refractivity contribution in [1.29, 1.82) is 0 Å². The lowest BCUT2D eigenvalue weighted by molar-refractivity contribution is -0.131. The molecule has 0 aromatic carbocycles. The van der Waals surface area contributed by atoms with Crippen LogP contribution >= 0.6 is 0 Å². The summed E-state index contributed by atoms with van der Waals surface area (Å²) in [5.41, 5.74) is 0. The number of hydrogen-bond donors (Lipinski definition) is 2. The van der Waals surface area contributed by atoms with Gasteiger partial charge in [0.05, 0.1) is 5.75 Å². The molecule has 7 nitrogen and oxygen atoms in total. The molecule has 0 atom stereocenters. The van der Waals surface area contributed by atoms with E-state index in [1.807, 2.05) is 0 Å². The van der Waals surface area contributed by atoms with E-state index < -0.39 is 21.5 Å². The third-order valence-corrected chi connectivity index (χ3v) is 4.25. The summed E-state index contributed by atoms with van der Waals surface area (Å²) in [6, 6.07) is 0. The molecule has 0 aromatic rings. The first-order chi connectivity index (χ1) is 8.44. The first-order valence-electron chi connectivity index (χ1n) is 5.84. The summed E-state index contributed by atoms with van der Waals surface area (Å²) in [6.45, 7) is 2.68. The summed E-state index contributed by atoms with van der Waals surface area (Å²) in [6.07, 6.45) is -0.0562. The van der Waals surface area contributed by atoms with E-state index in [9.17, 15) is 18.0 Å². The number of carbonyl (C=O) groups excluding carboxylic acids is 2.